The Balaban J connectivity index is 1.53. The number of rotatable bonds is 8. The lowest BCUT2D eigenvalue weighted by atomic mass is 10.2. The number of amides is 4. The number of carbonyl (C=O) groups excluding carboxylic acids is 4. The van der Waals surface area contributed by atoms with Gasteiger partial charge >= 0.3 is 5.91 Å². The van der Waals surface area contributed by atoms with Gasteiger partial charge in [-0.3, -0.25) is 34.5 Å². The van der Waals surface area contributed by atoms with Crippen LogP contribution < -0.4 is 20.8 Å². The van der Waals surface area contributed by atoms with Crippen molar-refractivity contribution in [2.45, 2.75) is 13.8 Å². The van der Waals surface area contributed by atoms with Crippen LogP contribution in [0.1, 0.15) is 13.8 Å². The van der Waals surface area contributed by atoms with Crippen molar-refractivity contribution in [1.82, 2.24) is 4.90 Å². The highest BCUT2D eigenvalue weighted by Crippen LogP contribution is 2.21. The highest BCUT2D eigenvalue weighted by molar-refractivity contribution is 5.95. The van der Waals surface area contributed by atoms with Crippen LogP contribution in [0.4, 0.5) is 22.7 Å². The van der Waals surface area contributed by atoms with Crippen molar-refractivity contribution < 1.29 is 34.1 Å². The van der Waals surface area contributed by atoms with Crippen molar-refractivity contribution in [3.8, 4) is 0 Å². The summed E-state index contributed by atoms with van der Waals surface area (Å²) < 4.78 is 0.369. The molecule has 2 aromatic carbocycles. The molecule has 0 aromatic heterocycles. The number of hydrogen-bond acceptors (Lipinski definition) is 7. The topological polar surface area (TPSA) is 143 Å². The summed E-state index contributed by atoms with van der Waals surface area (Å²) in [5.41, 5.74) is 1.42. The average Bonchev–Trinajstić information content (AvgIpc) is 2.84. The Morgan fingerprint density at radius 1 is 0.838 bits per heavy atom. The first-order valence-corrected chi connectivity index (χ1v) is 11.8. The fourth-order valence-electron chi connectivity index (χ4n) is 4.08. The highest BCUT2D eigenvalue weighted by Gasteiger charge is 2.34. The molecule has 4 N–H and O–H groups in total. The Morgan fingerprint density at radius 2 is 1.30 bits per heavy atom. The van der Waals surface area contributed by atoms with Crippen molar-refractivity contribution in [1.29, 1.82) is 0 Å². The van der Waals surface area contributed by atoms with Gasteiger partial charge in [-0.2, -0.15) is 10.1 Å². The van der Waals surface area contributed by atoms with Gasteiger partial charge in [0.05, 0.1) is 38.1 Å². The van der Waals surface area contributed by atoms with E-state index < -0.39 is 11.8 Å². The lowest BCUT2D eigenvalue weighted by Crippen LogP contribution is -2.61. The van der Waals surface area contributed by atoms with Crippen LogP contribution in [-0.2, 0) is 19.2 Å². The Hall–Kier alpha value is -3.84. The average molecular weight is 514 g/mol. The Kier molecular flexibility index (Phi) is 8.95. The first-order chi connectivity index (χ1) is 17.5. The number of hydroxylamine groups is 2. The Labute approximate surface area is 215 Å². The second-order valence-corrected chi connectivity index (χ2v) is 9.38. The third-order valence-electron chi connectivity index (χ3n) is 6.08. The third kappa shape index (κ3) is 7.82. The van der Waals surface area contributed by atoms with E-state index in [0.717, 1.165) is 0 Å². The molecule has 37 heavy (non-hydrogen) atoms. The molecule has 0 unspecified atom stereocenters. The minimum absolute atomic E-state index is 0.0170. The molecule has 2 aromatic rings. The molecule has 4 amide bonds. The number of hydrogen-bond donors (Lipinski definition) is 4. The van der Waals surface area contributed by atoms with E-state index in [-0.39, 0.29) is 36.3 Å². The molecule has 1 aliphatic heterocycles. The van der Waals surface area contributed by atoms with Gasteiger partial charge in [0.25, 0.3) is 5.91 Å². The maximum atomic E-state index is 12.8. The molecule has 0 saturated carbocycles. The number of quaternary nitrogens is 1. The normalized spacial score (nSPS) is 14.9. The minimum Gasteiger partial charge on any atom is -0.326 e. The van der Waals surface area contributed by atoms with E-state index in [1.165, 1.54) is 26.0 Å². The van der Waals surface area contributed by atoms with Crippen LogP contribution in [0, 0.1) is 0 Å². The van der Waals surface area contributed by atoms with Crippen LogP contribution >= 0.6 is 0 Å². The van der Waals surface area contributed by atoms with Crippen LogP contribution in [0.15, 0.2) is 48.5 Å². The summed E-state index contributed by atoms with van der Waals surface area (Å²) in [6.45, 7) is 4.91. The number of carbonyl (C=O) groups is 4. The molecule has 0 spiro atoms. The lowest BCUT2D eigenvalue weighted by molar-refractivity contribution is -0.906. The second kappa shape index (κ2) is 11.9. The first kappa shape index (κ1) is 27.7. The molecule has 0 aliphatic carbocycles. The van der Waals surface area contributed by atoms with Gasteiger partial charge in [0.1, 0.15) is 0 Å². The number of nitrogens with zero attached hydrogens (tertiary/aromatic N) is 4. The van der Waals surface area contributed by atoms with Gasteiger partial charge in [0, 0.05) is 38.3 Å². The zero-order valence-electron chi connectivity index (χ0n) is 21.2. The Morgan fingerprint density at radius 3 is 1.76 bits per heavy atom. The molecular formula is C25H33N6O6+. The molecule has 1 fully saturated rings. The molecule has 1 saturated heterocycles. The molecule has 1 aliphatic rings. The molecule has 198 valence electrons. The van der Waals surface area contributed by atoms with Crippen LogP contribution in [0.25, 0.3) is 0 Å². The van der Waals surface area contributed by atoms with Crippen LogP contribution in [-0.4, -0.2) is 89.7 Å². The predicted octanol–water partition coefficient (Wildman–Crippen LogP) is 1.51. The van der Waals surface area contributed by atoms with Crippen LogP contribution in [0.5, 0.6) is 0 Å². The number of benzene rings is 2. The first-order valence-electron chi connectivity index (χ1n) is 11.8. The Bertz CT molecular complexity index is 1160. The summed E-state index contributed by atoms with van der Waals surface area (Å²) >= 11 is 0. The second-order valence-electron chi connectivity index (χ2n) is 9.38. The molecule has 12 heteroatoms. The molecule has 1 heterocycles. The zero-order chi connectivity index (χ0) is 27.2. The van der Waals surface area contributed by atoms with E-state index in [9.17, 15) is 29.6 Å². The summed E-state index contributed by atoms with van der Waals surface area (Å²) in [5.74, 6) is -1.53. The fraction of sp³-hybridized carbons (Fsp3) is 0.360. The fourth-order valence-corrected chi connectivity index (χ4v) is 4.08. The predicted molar refractivity (Wildman–Crippen MR) is 137 cm³/mol. The molecule has 0 atom stereocenters. The minimum atomic E-state index is -0.521. The van der Waals surface area contributed by atoms with Gasteiger partial charge in [0.2, 0.25) is 11.8 Å². The summed E-state index contributed by atoms with van der Waals surface area (Å²) in [6, 6.07) is 12.7. The van der Waals surface area contributed by atoms with Gasteiger partial charge in [-0.25, -0.2) is 0 Å². The van der Waals surface area contributed by atoms with Crippen molar-refractivity contribution >= 4 is 46.4 Å². The van der Waals surface area contributed by atoms with Crippen molar-refractivity contribution in [2.75, 3.05) is 67.1 Å². The van der Waals surface area contributed by atoms with Crippen LogP contribution in [0.3, 0.4) is 0 Å². The number of likely N-dealkylation sites (N-methyl/N-ethyl adjacent to an activating group) is 1. The monoisotopic (exact) mass is 513 g/mol. The smallest absolute Gasteiger partial charge is 0.305 e. The van der Waals surface area contributed by atoms with Gasteiger partial charge < -0.3 is 15.1 Å². The van der Waals surface area contributed by atoms with E-state index >= 15 is 0 Å². The van der Waals surface area contributed by atoms with E-state index in [1.54, 1.807) is 36.4 Å². The van der Waals surface area contributed by atoms with E-state index in [0.29, 0.717) is 52.2 Å². The summed E-state index contributed by atoms with van der Waals surface area (Å²) in [6.07, 6.45) is 0. The van der Waals surface area contributed by atoms with Gasteiger partial charge in [0.15, 0.2) is 6.54 Å². The quantitative estimate of drug-likeness (QED) is 0.238. The number of nitrogens with one attached hydrogen (secondary N) is 2. The maximum Gasteiger partial charge on any atom is 0.305 e. The largest absolute Gasteiger partial charge is 0.326 e. The molecule has 3 rings (SSSR count). The zero-order valence-corrected chi connectivity index (χ0v) is 21.2. The molecular weight excluding hydrogens is 480 g/mol. The van der Waals surface area contributed by atoms with Crippen LogP contribution in [0.2, 0.25) is 0 Å². The standard InChI is InChI=1S/C25H32N6O6/c1-18(32)26-20-6-4-8-22(14-20)29(36)24(34)16-28-10-12-31(3,13-11-28)17-25(35)30(37)23-9-5-7-21(15-23)27-19(2)33/h4-9,14-15,36-37H,10-13,16-17H2,1-3H3,(H-,26,27,32,33)/p+1. The maximum absolute atomic E-state index is 12.8. The van der Waals surface area contributed by atoms with E-state index in [1.807, 2.05) is 11.9 Å². The third-order valence-corrected chi connectivity index (χ3v) is 6.08. The summed E-state index contributed by atoms with van der Waals surface area (Å²) in [4.78, 5) is 49.9. The molecule has 0 bridgehead atoms. The summed E-state index contributed by atoms with van der Waals surface area (Å²) in [5, 5.41) is 27.2. The van der Waals surface area contributed by atoms with Crippen molar-refractivity contribution in [3.05, 3.63) is 48.5 Å². The number of piperazine rings is 1. The lowest BCUT2D eigenvalue weighted by Gasteiger charge is -2.41. The van der Waals surface area contributed by atoms with Crippen molar-refractivity contribution in [2.24, 2.45) is 0 Å². The van der Waals surface area contributed by atoms with E-state index in [2.05, 4.69) is 10.6 Å². The molecule has 0 radical (unpaired) electrons. The number of anilines is 4. The summed E-state index contributed by atoms with van der Waals surface area (Å²) in [7, 11) is 1.91. The van der Waals surface area contributed by atoms with Gasteiger partial charge in [-0.1, -0.05) is 12.1 Å². The van der Waals surface area contributed by atoms with Gasteiger partial charge in [-0.15, -0.1) is 0 Å². The van der Waals surface area contributed by atoms with E-state index in [4.69, 9.17) is 0 Å². The highest BCUT2D eigenvalue weighted by atomic mass is 16.5. The SMILES string of the molecule is CC(=O)Nc1cccc(N(O)C(=O)CN2CC[N+](C)(CC(=O)N(O)c3cccc(NC(C)=O)c3)CC2)c1. The molecule has 12 nitrogen and oxygen atoms in total. The van der Waals surface area contributed by atoms with Crippen molar-refractivity contribution in [3.63, 3.8) is 0 Å². The van der Waals surface area contributed by atoms with Gasteiger partial charge in [-0.05, 0) is 36.4 Å².